The Hall–Kier alpha value is -4.06. The fourth-order valence-corrected chi connectivity index (χ4v) is 3.75. The van der Waals surface area contributed by atoms with E-state index in [0.717, 1.165) is 5.56 Å². The van der Waals surface area contributed by atoms with Crippen molar-refractivity contribution in [3.05, 3.63) is 89.6 Å². The van der Waals surface area contributed by atoms with Crippen LogP contribution in [-0.2, 0) is 9.59 Å². The van der Waals surface area contributed by atoms with E-state index in [1.54, 1.807) is 31.4 Å². The van der Waals surface area contributed by atoms with Gasteiger partial charge in [0.1, 0.15) is 17.2 Å². The van der Waals surface area contributed by atoms with E-state index in [2.05, 4.69) is 5.32 Å². The Bertz CT molecular complexity index is 1210. The molecule has 3 aromatic rings. The second-order valence-corrected chi connectivity index (χ2v) is 8.05. The van der Waals surface area contributed by atoms with Crippen LogP contribution in [0.4, 0.5) is 11.4 Å². The van der Waals surface area contributed by atoms with Crippen molar-refractivity contribution < 1.29 is 19.1 Å². The lowest BCUT2D eigenvalue weighted by Gasteiger charge is -2.17. The summed E-state index contributed by atoms with van der Waals surface area (Å²) in [4.78, 5) is 28.3. The molecule has 2 amide bonds. The summed E-state index contributed by atoms with van der Waals surface area (Å²) in [6.45, 7) is 5.83. The number of nitrogens with one attached hydrogen (secondary N) is 1. The molecule has 4 rings (SSSR count). The number of hydrogen-bond donors (Lipinski definition) is 1. The summed E-state index contributed by atoms with van der Waals surface area (Å²) in [6, 6.07) is 21.8. The van der Waals surface area contributed by atoms with E-state index in [1.165, 1.54) is 4.90 Å². The maximum Gasteiger partial charge on any atom is 0.282 e. The third-order valence-electron chi connectivity index (χ3n) is 5.23. The average Bonchev–Trinajstić information content (AvgIpc) is 3.04. The summed E-state index contributed by atoms with van der Waals surface area (Å²) in [7, 11) is 1.57. The highest BCUT2D eigenvalue weighted by Gasteiger charge is 2.40. The first kappa shape index (κ1) is 22.1. The van der Waals surface area contributed by atoms with Gasteiger partial charge in [-0.3, -0.25) is 9.59 Å². The molecule has 0 aliphatic carbocycles. The SMILES string of the molecule is COc1ccc(C)cc1NC1=C(c2ccccc2)C(=O)N(c2ccc(OC(C)C)cc2)C1=O. The van der Waals surface area contributed by atoms with Gasteiger partial charge >= 0.3 is 0 Å². The molecule has 6 nitrogen and oxygen atoms in total. The van der Waals surface area contributed by atoms with E-state index in [0.29, 0.717) is 34.0 Å². The second-order valence-electron chi connectivity index (χ2n) is 8.05. The molecule has 3 aromatic carbocycles. The van der Waals surface area contributed by atoms with Gasteiger partial charge in [0.15, 0.2) is 0 Å². The van der Waals surface area contributed by atoms with Gasteiger partial charge < -0.3 is 14.8 Å². The van der Waals surface area contributed by atoms with Gasteiger partial charge in [-0.2, -0.15) is 0 Å². The summed E-state index contributed by atoms with van der Waals surface area (Å²) in [6.07, 6.45) is 0.0253. The summed E-state index contributed by atoms with van der Waals surface area (Å²) < 4.78 is 11.1. The molecule has 1 N–H and O–H groups in total. The van der Waals surface area contributed by atoms with E-state index in [4.69, 9.17) is 9.47 Å². The molecule has 0 spiro atoms. The van der Waals surface area contributed by atoms with E-state index < -0.39 is 11.8 Å². The van der Waals surface area contributed by atoms with Crippen molar-refractivity contribution in [1.29, 1.82) is 0 Å². The molecule has 0 aromatic heterocycles. The van der Waals surface area contributed by atoms with Crippen molar-refractivity contribution in [3.63, 3.8) is 0 Å². The van der Waals surface area contributed by atoms with Gasteiger partial charge in [0.25, 0.3) is 11.8 Å². The number of amides is 2. The Labute approximate surface area is 193 Å². The van der Waals surface area contributed by atoms with Crippen molar-refractivity contribution in [2.24, 2.45) is 0 Å². The molecule has 1 heterocycles. The van der Waals surface area contributed by atoms with E-state index in [-0.39, 0.29) is 11.8 Å². The molecule has 168 valence electrons. The number of ether oxygens (including phenoxy) is 2. The minimum absolute atomic E-state index is 0.0253. The summed E-state index contributed by atoms with van der Waals surface area (Å²) in [5, 5.41) is 3.19. The molecular formula is C27H26N2O4. The minimum Gasteiger partial charge on any atom is -0.495 e. The second kappa shape index (κ2) is 9.20. The first-order chi connectivity index (χ1) is 15.9. The smallest absolute Gasteiger partial charge is 0.282 e. The van der Waals surface area contributed by atoms with Crippen molar-refractivity contribution in [2.75, 3.05) is 17.3 Å². The monoisotopic (exact) mass is 442 g/mol. The van der Waals surface area contributed by atoms with Crippen LogP contribution in [0.1, 0.15) is 25.0 Å². The maximum atomic E-state index is 13.6. The topological polar surface area (TPSA) is 67.9 Å². The van der Waals surface area contributed by atoms with Crippen LogP contribution in [0.2, 0.25) is 0 Å². The normalized spacial score (nSPS) is 13.7. The zero-order valence-corrected chi connectivity index (χ0v) is 19.1. The molecule has 0 unspecified atom stereocenters. The van der Waals surface area contributed by atoms with Gasteiger partial charge in [0.2, 0.25) is 0 Å². The first-order valence-electron chi connectivity index (χ1n) is 10.8. The van der Waals surface area contributed by atoms with E-state index >= 15 is 0 Å². The van der Waals surface area contributed by atoms with Crippen LogP contribution >= 0.6 is 0 Å². The minimum atomic E-state index is -0.431. The Kier molecular flexibility index (Phi) is 6.18. The van der Waals surface area contributed by atoms with E-state index in [1.807, 2.05) is 69.3 Å². The van der Waals surface area contributed by atoms with Crippen molar-refractivity contribution in [2.45, 2.75) is 26.9 Å². The molecular weight excluding hydrogens is 416 g/mol. The number of benzene rings is 3. The number of carbonyl (C=O) groups excluding carboxylic acids is 2. The van der Waals surface area contributed by atoms with Crippen LogP contribution in [0.25, 0.3) is 5.57 Å². The fourth-order valence-electron chi connectivity index (χ4n) is 3.75. The number of aryl methyl sites for hydroxylation is 1. The van der Waals surface area contributed by atoms with Crippen LogP contribution < -0.4 is 19.7 Å². The average molecular weight is 443 g/mol. The standard InChI is InChI=1S/C27H26N2O4/c1-17(2)33-21-13-11-20(12-14-21)29-26(30)24(19-8-6-5-7-9-19)25(27(29)31)28-22-16-18(3)10-15-23(22)32-4/h5-17,28H,1-4H3. The predicted octanol–water partition coefficient (Wildman–Crippen LogP) is 5.19. The Morgan fingerprint density at radius 1 is 0.879 bits per heavy atom. The third-order valence-corrected chi connectivity index (χ3v) is 5.23. The number of rotatable bonds is 7. The molecule has 0 saturated heterocycles. The molecule has 0 fully saturated rings. The van der Waals surface area contributed by atoms with Crippen molar-refractivity contribution in [1.82, 2.24) is 0 Å². The number of nitrogens with zero attached hydrogens (tertiary/aromatic N) is 1. The van der Waals surface area contributed by atoms with Gasteiger partial charge in [-0.25, -0.2) is 4.90 Å². The highest BCUT2D eigenvalue weighted by molar-refractivity contribution is 6.46. The van der Waals surface area contributed by atoms with Crippen molar-refractivity contribution in [3.8, 4) is 11.5 Å². The number of methoxy groups -OCH3 is 1. The van der Waals surface area contributed by atoms with Crippen LogP contribution in [-0.4, -0.2) is 25.0 Å². The summed E-state index contributed by atoms with van der Waals surface area (Å²) >= 11 is 0. The third kappa shape index (κ3) is 4.46. The van der Waals surface area contributed by atoms with Crippen LogP contribution in [0.3, 0.4) is 0 Å². The Morgan fingerprint density at radius 3 is 2.21 bits per heavy atom. The molecule has 0 radical (unpaired) electrons. The van der Waals surface area contributed by atoms with Gasteiger partial charge in [0, 0.05) is 0 Å². The lowest BCUT2D eigenvalue weighted by Crippen LogP contribution is -2.32. The zero-order valence-electron chi connectivity index (χ0n) is 19.1. The summed E-state index contributed by atoms with van der Waals surface area (Å²) in [5.41, 5.74) is 3.26. The largest absolute Gasteiger partial charge is 0.495 e. The number of imide groups is 1. The summed E-state index contributed by atoms with van der Waals surface area (Å²) in [5.74, 6) is 0.430. The van der Waals surface area contributed by atoms with Crippen LogP contribution in [0.5, 0.6) is 11.5 Å². The van der Waals surface area contributed by atoms with Crippen molar-refractivity contribution >= 4 is 28.8 Å². The van der Waals surface area contributed by atoms with Crippen LogP contribution in [0, 0.1) is 6.92 Å². The lowest BCUT2D eigenvalue weighted by molar-refractivity contribution is -0.120. The fraction of sp³-hybridized carbons (Fsp3) is 0.185. The predicted molar refractivity (Wildman–Crippen MR) is 129 cm³/mol. The maximum absolute atomic E-state index is 13.6. The lowest BCUT2D eigenvalue weighted by atomic mass is 10.0. The molecule has 0 saturated carbocycles. The molecule has 1 aliphatic heterocycles. The first-order valence-corrected chi connectivity index (χ1v) is 10.8. The molecule has 6 heteroatoms. The Balaban J connectivity index is 1.77. The van der Waals surface area contributed by atoms with Gasteiger partial charge in [-0.05, 0) is 68.3 Å². The Morgan fingerprint density at radius 2 is 1.58 bits per heavy atom. The number of anilines is 2. The van der Waals surface area contributed by atoms with E-state index in [9.17, 15) is 9.59 Å². The number of hydrogen-bond acceptors (Lipinski definition) is 5. The molecule has 0 bridgehead atoms. The zero-order chi connectivity index (χ0) is 23.5. The molecule has 1 aliphatic rings. The van der Waals surface area contributed by atoms with Crippen LogP contribution in [0.15, 0.2) is 78.5 Å². The molecule has 0 atom stereocenters. The van der Waals surface area contributed by atoms with Gasteiger partial charge in [-0.1, -0.05) is 36.4 Å². The molecule has 33 heavy (non-hydrogen) atoms. The highest BCUT2D eigenvalue weighted by Crippen LogP contribution is 2.36. The quantitative estimate of drug-likeness (QED) is 0.510. The highest BCUT2D eigenvalue weighted by atomic mass is 16.5. The van der Waals surface area contributed by atoms with Gasteiger partial charge in [0.05, 0.1) is 30.2 Å². The number of carbonyl (C=O) groups is 2. The van der Waals surface area contributed by atoms with Gasteiger partial charge in [-0.15, -0.1) is 0 Å².